The van der Waals surface area contributed by atoms with Crippen LogP contribution in [0.5, 0.6) is 5.75 Å². The molecule has 0 N–H and O–H groups in total. The van der Waals surface area contributed by atoms with Gasteiger partial charge >= 0.3 is 0 Å². The van der Waals surface area contributed by atoms with Gasteiger partial charge in [0.25, 0.3) is 5.91 Å². The van der Waals surface area contributed by atoms with Gasteiger partial charge in [0.2, 0.25) is 0 Å². The third-order valence-corrected chi connectivity index (χ3v) is 3.02. The lowest BCUT2D eigenvalue weighted by Gasteiger charge is -2.26. The van der Waals surface area contributed by atoms with Gasteiger partial charge in [-0.05, 0) is 45.9 Å². The number of amides is 1. The van der Waals surface area contributed by atoms with Crippen molar-refractivity contribution in [2.24, 2.45) is 0 Å². The number of alkyl halides is 1. The van der Waals surface area contributed by atoms with Crippen molar-refractivity contribution in [2.75, 3.05) is 11.9 Å². The van der Waals surface area contributed by atoms with Crippen LogP contribution in [-0.4, -0.2) is 34.8 Å². The minimum Gasteiger partial charge on any atom is -0.491 e. The van der Waals surface area contributed by atoms with Crippen molar-refractivity contribution < 1.29 is 9.53 Å². The maximum absolute atomic E-state index is 12.5. The van der Waals surface area contributed by atoms with E-state index in [4.69, 9.17) is 4.74 Å². The van der Waals surface area contributed by atoms with Crippen LogP contribution in [-0.2, 0) is 0 Å². The van der Waals surface area contributed by atoms with E-state index in [1.807, 2.05) is 56.9 Å². The number of carbonyl (C=O) groups excluding carboxylic acids is 1. The lowest BCUT2D eigenvalue weighted by molar-refractivity contribution is 0.0718. The first-order valence-corrected chi connectivity index (χ1v) is 7.71. The molecular weight excluding hydrogens is 306 g/mol. The Morgan fingerprint density at radius 1 is 1.32 bits per heavy atom. The molecule has 0 atom stereocenters. The molecule has 0 fully saturated rings. The fourth-order valence-electron chi connectivity index (χ4n) is 1.83. The second-order valence-corrected chi connectivity index (χ2v) is 5.77. The van der Waals surface area contributed by atoms with Crippen LogP contribution in [0.1, 0.15) is 38.1 Å². The van der Waals surface area contributed by atoms with E-state index in [1.165, 1.54) is 0 Å². The lowest BCUT2D eigenvalue weighted by atomic mass is 10.1. The van der Waals surface area contributed by atoms with Crippen molar-refractivity contribution in [3.63, 3.8) is 0 Å². The zero-order valence-electron chi connectivity index (χ0n) is 12.0. The van der Waals surface area contributed by atoms with Crippen molar-refractivity contribution in [3.8, 4) is 5.75 Å². The lowest BCUT2D eigenvalue weighted by Crippen LogP contribution is -2.38. The highest BCUT2D eigenvalue weighted by molar-refractivity contribution is 9.09. The molecule has 0 bridgehead atoms. The highest BCUT2D eigenvalue weighted by Gasteiger charge is 2.18. The summed E-state index contributed by atoms with van der Waals surface area (Å²) in [6, 6.07) is 7.56. The second-order valence-electron chi connectivity index (χ2n) is 4.98. The van der Waals surface area contributed by atoms with Crippen molar-refractivity contribution in [3.05, 3.63) is 29.8 Å². The van der Waals surface area contributed by atoms with E-state index >= 15 is 0 Å². The molecule has 0 unspecified atom stereocenters. The molecule has 0 aromatic heterocycles. The molecule has 0 spiro atoms. The first-order chi connectivity index (χ1) is 8.95. The van der Waals surface area contributed by atoms with Gasteiger partial charge in [0.1, 0.15) is 5.75 Å². The Kier molecular flexibility index (Phi) is 6.35. The zero-order chi connectivity index (χ0) is 14.4. The van der Waals surface area contributed by atoms with Crippen molar-refractivity contribution >= 4 is 21.8 Å². The predicted octanol–water partition coefficient (Wildman–Crippen LogP) is 3.72. The monoisotopic (exact) mass is 327 g/mol. The molecule has 0 radical (unpaired) electrons. The van der Waals surface area contributed by atoms with Crippen molar-refractivity contribution in [1.29, 1.82) is 0 Å². The molecule has 1 rings (SSSR count). The molecule has 0 saturated carbocycles. The number of halogens is 1. The van der Waals surface area contributed by atoms with Crippen LogP contribution in [0, 0.1) is 0 Å². The van der Waals surface area contributed by atoms with E-state index in [-0.39, 0.29) is 18.1 Å². The van der Waals surface area contributed by atoms with Crippen molar-refractivity contribution in [2.45, 2.75) is 39.8 Å². The number of nitrogens with zero attached hydrogens (tertiary/aromatic N) is 1. The minimum absolute atomic E-state index is 0.0451. The van der Waals surface area contributed by atoms with Gasteiger partial charge in [-0.3, -0.25) is 4.79 Å². The highest BCUT2D eigenvalue weighted by atomic mass is 79.9. The molecule has 1 aromatic rings. The summed E-state index contributed by atoms with van der Waals surface area (Å²) in [7, 11) is 0. The highest BCUT2D eigenvalue weighted by Crippen LogP contribution is 2.17. The molecule has 0 aliphatic rings. The summed E-state index contributed by atoms with van der Waals surface area (Å²) >= 11 is 3.39. The van der Waals surface area contributed by atoms with Crippen LogP contribution in [0.25, 0.3) is 0 Å². The van der Waals surface area contributed by atoms with Crippen LogP contribution < -0.4 is 4.74 Å². The summed E-state index contributed by atoms with van der Waals surface area (Å²) in [4.78, 5) is 14.3. The van der Waals surface area contributed by atoms with E-state index < -0.39 is 0 Å². The number of rotatable bonds is 6. The summed E-state index contributed by atoms with van der Waals surface area (Å²) in [6.45, 7) is 8.69. The van der Waals surface area contributed by atoms with Gasteiger partial charge in [0, 0.05) is 23.5 Å². The molecule has 0 heterocycles. The number of carbonyl (C=O) groups is 1. The van der Waals surface area contributed by atoms with E-state index in [2.05, 4.69) is 15.9 Å². The van der Waals surface area contributed by atoms with Crippen LogP contribution in [0.15, 0.2) is 24.3 Å². The third-order valence-electron chi connectivity index (χ3n) is 2.66. The second kappa shape index (κ2) is 7.53. The van der Waals surface area contributed by atoms with Gasteiger partial charge < -0.3 is 9.64 Å². The van der Waals surface area contributed by atoms with Crippen LogP contribution in [0.4, 0.5) is 0 Å². The maximum atomic E-state index is 12.5. The largest absolute Gasteiger partial charge is 0.491 e. The number of hydrogen-bond donors (Lipinski definition) is 0. The van der Waals surface area contributed by atoms with E-state index in [0.29, 0.717) is 12.1 Å². The summed E-state index contributed by atoms with van der Waals surface area (Å²) in [6.07, 6.45) is 0.106. The van der Waals surface area contributed by atoms with Gasteiger partial charge in [0.05, 0.1) is 6.10 Å². The Labute approximate surface area is 124 Å². The van der Waals surface area contributed by atoms with Crippen molar-refractivity contribution in [1.82, 2.24) is 4.90 Å². The molecule has 4 heteroatoms. The SMILES string of the molecule is CC(C)Oc1cccc(C(=O)N(CCBr)C(C)C)c1. The Morgan fingerprint density at radius 2 is 2.00 bits per heavy atom. The maximum Gasteiger partial charge on any atom is 0.254 e. The molecule has 1 aromatic carbocycles. The average molecular weight is 328 g/mol. The van der Waals surface area contributed by atoms with E-state index in [1.54, 1.807) is 0 Å². The van der Waals surface area contributed by atoms with Gasteiger partial charge in [0.15, 0.2) is 0 Å². The third kappa shape index (κ3) is 4.86. The first-order valence-electron chi connectivity index (χ1n) is 6.59. The van der Waals surface area contributed by atoms with Gasteiger partial charge in [-0.25, -0.2) is 0 Å². The molecule has 3 nitrogen and oxygen atoms in total. The molecule has 0 aliphatic heterocycles. The molecule has 1 amide bonds. The summed E-state index contributed by atoms with van der Waals surface area (Å²) < 4.78 is 5.63. The van der Waals surface area contributed by atoms with Crippen LogP contribution in [0.2, 0.25) is 0 Å². The summed E-state index contributed by atoms with van der Waals surface area (Å²) in [5.41, 5.74) is 0.674. The zero-order valence-corrected chi connectivity index (χ0v) is 13.6. The molecule has 0 saturated heterocycles. The number of hydrogen-bond acceptors (Lipinski definition) is 2. The molecular formula is C15H22BrNO2. The van der Waals surface area contributed by atoms with E-state index in [9.17, 15) is 4.79 Å². The first kappa shape index (κ1) is 16.0. The molecule has 0 aliphatic carbocycles. The summed E-state index contributed by atoms with van der Waals surface area (Å²) in [5, 5.41) is 0.777. The van der Waals surface area contributed by atoms with Crippen LogP contribution >= 0.6 is 15.9 Å². The standard InChI is InChI=1S/C15H22BrNO2/c1-11(2)17(9-8-16)15(18)13-6-5-7-14(10-13)19-12(3)4/h5-7,10-12H,8-9H2,1-4H3. The van der Waals surface area contributed by atoms with E-state index in [0.717, 1.165) is 11.1 Å². The van der Waals surface area contributed by atoms with Crippen LogP contribution in [0.3, 0.4) is 0 Å². The Morgan fingerprint density at radius 3 is 2.53 bits per heavy atom. The Hall–Kier alpha value is -1.03. The smallest absolute Gasteiger partial charge is 0.254 e. The Balaban J connectivity index is 2.91. The van der Waals surface area contributed by atoms with Gasteiger partial charge in [-0.2, -0.15) is 0 Å². The predicted molar refractivity (Wildman–Crippen MR) is 82.2 cm³/mol. The fraction of sp³-hybridized carbons (Fsp3) is 0.533. The molecule has 106 valence electrons. The van der Waals surface area contributed by atoms with Gasteiger partial charge in [-0.15, -0.1) is 0 Å². The quantitative estimate of drug-likeness (QED) is 0.745. The normalized spacial score (nSPS) is 10.9. The number of benzene rings is 1. The Bertz CT molecular complexity index is 418. The average Bonchev–Trinajstić information content (AvgIpc) is 2.34. The minimum atomic E-state index is 0.0451. The summed E-state index contributed by atoms with van der Waals surface area (Å²) in [5.74, 6) is 0.784. The number of ether oxygens (including phenoxy) is 1. The topological polar surface area (TPSA) is 29.5 Å². The fourth-order valence-corrected chi connectivity index (χ4v) is 2.21. The molecule has 19 heavy (non-hydrogen) atoms. The van der Waals surface area contributed by atoms with Gasteiger partial charge in [-0.1, -0.05) is 22.0 Å².